The summed E-state index contributed by atoms with van der Waals surface area (Å²) in [6, 6.07) is 8.47. The van der Waals surface area contributed by atoms with Crippen LogP contribution in [0.25, 0.3) is 0 Å². The van der Waals surface area contributed by atoms with Crippen LogP contribution in [0.1, 0.15) is 31.4 Å². The van der Waals surface area contributed by atoms with Gasteiger partial charge in [0.05, 0.1) is 25.0 Å². The average Bonchev–Trinajstić information content (AvgIpc) is 3.01. The van der Waals surface area contributed by atoms with E-state index in [2.05, 4.69) is 10.3 Å². The minimum atomic E-state index is -0.389. The van der Waals surface area contributed by atoms with E-state index < -0.39 is 0 Å². The average molecular weight is 329 g/mol. The monoisotopic (exact) mass is 329 g/mol. The Morgan fingerprint density at radius 3 is 2.75 bits per heavy atom. The van der Waals surface area contributed by atoms with E-state index in [1.165, 1.54) is 13.2 Å². The van der Waals surface area contributed by atoms with Crippen molar-refractivity contribution >= 4 is 17.4 Å². The van der Waals surface area contributed by atoms with Crippen molar-refractivity contribution in [2.24, 2.45) is 0 Å². The van der Waals surface area contributed by atoms with Gasteiger partial charge in [0.25, 0.3) is 0 Å². The highest BCUT2D eigenvalue weighted by molar-refractivity contribution is 5.95. The molecule has 1 fully saturated rings. The smallest absolute Gasteiger partial charge is 0.227 e. The second-order valence-corrected chi connectivity index (χ2v) is 5.81. The molecule has 2 aromatic rings. The van der Waals surface area contributed by atoms with Crippen LogP contribution in [-0.4, -0.2) is 24.5 Å². The van der Waals surface area contributed by atoms with Gasteiger partial charge in [-0.25, -0.2) is 9.37 Å². The highest BCUT2D eigenvalue weighted by atomic mass is 19.1. The summed E-state index contributed by atoms with van der Waals surface area (Å²) in [5, 5.41) is 3.23. The quantitative estimate of drug-likeness (QED) is 0.912. The summed E-state index contributed by atoms with van der Waals surface area (Å²) in [5.41, 5.74) is 1.61. The Kier molecular flexibility index (Phi) is 4.64. The molecule has 1 amide bonds. The zero-order chi connectivity index (χ0) is 17.1. The highest BCUT2D eigenvalue weighted by Gasteiger charge is 2.21. The number of ether oxygens (including phenoxy) is 1. The Labute approximate surface area is 140 Å². The molecule has 126 valence electrons. The molecule has 1 unspecified atom stereocenters. The molecule has 1 aliphatic rings. The van der Waals surface area contributed by atoms with Crippen LogP contribution in [0.5, 0.6) is 5.75 Å². The third-order valence-electron chi connectivity index (χ3n) is 4.17. The molecule has 1 aliphatic heterocycles. The van der Waals surface area contributed by atoms with E-state index in [9.17, 15) is 9.18 Å². The third kappa shape index (κ3) is 3.32. The summed E-state index contributed by atoms with van der Waals surface area (Å²) in [4.78, 5) is 17.8. The number of anilines is 2. The maximum absolute atomic E-state index is 13.8. The van der Waals surface area contributed by atoms with Crippen LogP contribution in [0.4, 0.5) is 15.9 Å². The molecular formula is C18H20FN3O2. The molecule has 24 heavy (non-hydrogen) atoms. The van der Waals surface area contributed by atoms with Crippen molar-refractivity contribution in [3.63, 3.8) is 0 Å². The van der Waals surface area contributed by atoms with E-state index in [0.29, 0.717) is 12.2 Å². The van der Waals surface area contributed by atoms with Crippen LogP contribution in [0.15, 0.2) is 36.5 Å². The van der Waals surface area contributed by atoms with Crippen molar-refractivity contribution in [1.29, 1.82) is 0 Å². The van der Waals surface area contributed by atoms with Gasteiger partial charge in [-0.1, -0.05) is 6.07 Å². The van der Waals surface area contributed by atoms with Crippen molar-refractivity contribution in [3.05, 3.63) is 47.9 Å². The van der Waals surface area contributed by atoms with Crippen molar-refractivity contribution in [3.8, 4) is 5.75 Å². The van der Waals surface area contributed by atoms with Crippen LogP contribution >= 0.6 is 0 Å². The molecule has 1 atom stereocenters. The molecule has 0 aliphatic carbocycles. The molecule has 1 saturated heterocycles. The fraction of sp³-hybridized carbons (Fsp3) is 0.333. The molecule has 1 N–H and O–H groups in total. The van der Waals surface area contributed by atoms with Crippen molar-refractivity contribution < 1.29 is 13.9 Å². The lowest BCUT2D eigenvalue weighted by Gasteiger charge is -2.18. The van der Waals surface area contributed by atoms with Gasteiger partial charge in [-0.3, -0.25) is 4.79 Å². The second-order valence-electron chi connectivity index (χ2n) is 5.81. The lowest BCUT2D eigenvalue weighted by Crippen LogP contribution is -2.23. The lowest BCUT2D eigenvalue weighted by atomic mass is 10.1. The molecule has 2 heterocycles. The molecule has 0 spiro atoms. The van der Waals surface area contributed by atoms with Crippen LogP contribution in [0.3, 0.4) is 0 Å². The Bertz CT molecular complexity index is 734. The molecule has 5 nitrogen and oxygen atoms in total. The number of pyridine rings is 1. The minimum Gasteiger partial charge on any atom is -0.494 e. The molecule has 0 saturated carbocycles. The number of hydrogen-bond acceptors (Lipinski definition) is 4. The first-order valence-corrected chi connectivity index (χ1v) is 7.95. The number of carbonyl (C=O) groups is 1. The van der Waals surface area contributed by atoms with Crippen molar-refractivity contribution in [2.75, 3.05) is 23.9 Å². The number of nitrogens with zero attached hydrogens (tertiary/aromatic N) is 2. The maximum atomic E-state index is 13.8. The largest absolute Gasteiger partial charge is 0.494 e. The Hall–Kier alpha value is -2.63. The van der Waals surface area contributed by atoms with Gasteiger partial charge >= 0.3 is 0 Å². The van der Waals surface area contributed by atoms with Gasteiger partial charge in [-0.05, 0) is 43.2 Å². The van der Waals surface area contributed by atoms with Gasteiger partial charge < -0.3 is 15.0 Å². The van der Waals surface area contributed by atoms with Crippen LogP contribution < -0.4 is 15.0 Å². The number of methoxy groups -OCH3 is 1. The van der Waals surface area contributed by atoms with Gasteiger partial charge in [-0.2, -0.15) is 0 Å². The summed E-state index contributed by atoms with van der Waals surface area (Å²) in [7, 11) is 1.44. The standard InChI is InChI=1S/C18H20FN3O2/c1-12(13-5-7-16(24-2)15(19)10-13)21-17-8-6-14(11-20-17)22-9-3-4-18(22)23/h5-8,10-12H,3-4,9H2,1-2H3,(H,20,21). The zero-order valence-corrected chi connectivity index (χ0v) is 13.8. The summed E-state index contributed by atoms with van der Waals surface area (Å²) in [6.07, 6.45) is 3.17. The Morgan fingerprint density at radius 2 is 2.17 bits per heavy atom. The molecular weight excluding hydrogens is 309 g/mol. The highest BCUT2D eigenvalue weighted by Crippen LogP contribution is 2.25. The SMILES string of the molecule is COc1ccc(C(C)Nc2ccc(N3CCCC3=O)cn2)cc1F. The number of benzene rings is 1. The fourth-order valence-corrected chi connectivity index (χ4v) is 2.81. The minimum absolute atomic E-state index is 0.114. The first-order chi connectivity index (χ1) is 11.6. The number of halogens is 1. The van der Waals surface area contributed by atoms with Crippen LogP contribution in [0.2, 0.25) is 0 Å². The van der Waals surface area contributed by atoms with Gasteiger partial charge in [-0.15, -0.1) is 0 Å². The number of carbonyl (C=O) groups excluding carboxylic acids is 1. The van der Waals surface area contributed by atoms with Gasteiger partial charge in [0.2, 0.25) is 5.91 Å². The Morgan fingerprint density at radius 1 is 1.33 bits per heavy atom. The van der Waals surface area contributed by atoms with E-state index in [-0.39, 0.29) is 23.5 Å². The van der Waals surface area contributed by atoms with Crippen LogP contribution in [-0.2, 0) is 4.79 Å². The number of hydrogen-bond donors (Lipinski definition) is 1. The molecule has 1 aromatic carbocycles. The van der Waals surface area contributed by atoms with Crippen LogP contribution in [0, 0.1) is 5.82 Å². The third-order valence-corrected chi connectivity index (χ3v) is 4.17. The Balaban J connectivity index is 1.69. The van der Waals surface area contributed by atoms with E-state index in [1.54, 1.807) is 17.2 Å². The molecule has 0 bridgehead atoms. The fourth-order valence-electron chi connectivity index (χ4n) is 2.81. The predicted molar refractivity (Wildman–Crippen MR) is 90.8 cm³/mol. The number of aromatic nitrogens is 1. The van der Waals surface area contributed by atoms with Gasteiger partial charge in [0.1, 0.15) is 5.82 Å². The number of rotatable bonds is 5. The summed E-state index contributed by atoms with van der Waals surface area (Å²) >= 11 is 0. The molecule has 1 aromatic heterocycles. The van der Waals surface area contributed by atoms with E-state index >= 15 is 0 Å². The van der Waals surface area contributed by atoms with Gasteiger partial charge in [0.15, 0.2) is 11.6 Å². The van der Waals surface area contributed by atoms with E-state index in [0.717, 1.165) is 24.2 Å². The lowest BCUT2D eigenvalue weighted by molar-refractivity contribution is -0.117. The van der Waals surface area contributed by atoms with Crippen molar-refractivity contribution in [1.82, 2.24) is 4.98 Å². The first kappa shape index (κ1) is 16.2. The second kappa shape index (κ2) is 6.86. The summed E-state index contributed by atoms with van der Waals surface area (Å²) in [5.74, 6) is 0.650. The molecule has 0 radical (unpaired) electrons. The number of amides is 1. The molecule has 3 rings (SSSR count). The number of nitrogens with one attached hydrogen (secondary N) is 1. The van der Waals surface area contributed by atoms with Gasteiger partial charge in [0, 0.05) is 13.0 Å². The topological polar surface area (TPSA) is 54.5 Å². The first-order valence-electron chi connectivity index (χ1n) is 7.95. The zero-order valence-electron chi connectivity index (χ0n) is 13.8. The van der Waals surface area contributed by atoms with E-state index in [1.807, 2.05) is 25.1 Å². The molecule has 6 heteroatoms. The maximum Gasteiger partial charge on any atom is 0.227 e. The predicted octanol–water partition coefficient (Wildman–Crippen LogP) is 3.53. The summed E-state index contributed by atoms with van der Waals surface area (Å²) < 4.78 is 18.7. The normalized spacial score (nSPS) is 15.5. The van der Waals surface area contributed by atoms with Crippen molar-refractivity contribution in [2.45, 2.75) is 25.8 Å². The van der Waals surface area contributed by atoms with E-state index in [4.69, 9.17) is 4.74 Å². The summed E-state index contributed by atoms with van der Waals surface area (Å²) in [6.45, 7) is 2.68.